The van der Waals surface area contributed by atoms with Crippen LogP contribution in [0.1, 0.15) is 37.4 Å². The Balaban J connectivity index is 1.70. The summed E-state index contributed by atoms with van der Waals surface area (Å²) in [7, 11) is 3.62. The van der Waals surface area contributed by atoms with Gasteiger partial charge in [-0.15, -0.1) is 22.7 Å². The van der Waals surface area contributed by atoms with E-state index in [1.807, 2.05) is 25.2 Å². The minimum Gasteiger partial charge on any atom is -0.497 e. The number of rotatable bonds is 5. The van der Waals surface area contributed by atoms with Gasteiger partial charge in [0.2, 0.25) is 0 Å². The highest BCUT2D eigenvalue weighted by molar-refractivity contribution is 7.22. The minimum atomic E-state index is -0.401. The van der Waals surface area contributed by atoms with Gasteiger partial charge in [-0.3, -0.25) is 4.79 Å². The molecule has 1 N–H and O–H groups in total. The maximum absolute atomic E-state index is 13.1. The second-order valence-electron chi connectivity index (χ2n) is 6.98. The van der Waals surface area contributed by atoms with Gasteiger partial charge in [0.15, 0.2) is 0 Å². The molecule has 3 heterocycles. The Morgan fingerprint density at radius 2 is 2.10 bits per heavy atom. The first-order valence-corrected chi connectivity index (χ1v) is 11.5. The second kappa shape index (κ2) is 8.55. The molecule has 0 unspecified atom stereocenters. The molecular formula is C21H21ClN2O4S2. The molecule has 0 saturated heterocycles. The van der Waals surface area contributed by atoms with Gasteiger partial charge in [-0.25, -0.2) is 4.79 Å². The van der Waals surface area contributed by atoms with Crippen molar-refractivity contribution in [2.45, 2.75) is 19.9 Å². The van der Waals surface area contributed by atoms with Crippen LogP contribution < -0.4 is 10.1 Å². The second-order valence-corrected chi connectivity index (χ2v) is 9.51. The Labute approximate surface area is 187 Å². The standard InChI is InChI=1S/C21H21ClN2O4S2/c1-4-28-21(26)16-12-7-8-24(2)10-15(12)30-20(16)23-19(25)18-17(22)13-9-11(27-3)5-6-14(13)29-18/h5-6,9H,4,7-8,10H2,1-3H3,(H,23,25). The number of esters is 1. The van der Waals surface area contributed by atoms with Gasteiger partial charge in [0.1, 0.15) is 15.6 Å². The van der Waals surface area contributed by atoms with Crippen molar-refractivity contribution in [1.29, 1.82) is 0 Å². The Bertz CT molecular complexity index is 1140. The summed E-state index contributed by atoms with van der Waals surface area (Å²) < 4.78 is 11.4. The van der Waals surface area contributed by atoms with E-state index in [4.69, 9.17) is 21.1 Å². The van der Waals surface area contributed by atoms with Gasteiger partial charge in [-0.05, 0) is 44.2 Å². The summed E-state index contributed by atoms with van der Waals surface area (Å²) >= 11 is 9.26. The minimum absolute atomic E-state index is 0.278. The lowest BCUT2D eigenvalue weighted by Crippen LogP contribution is -2.26. The van der Waals surface area contributed by atoms with Crippen molar-refractivity contribution in [1.82, 2.24) is 4.90 Å². The van der Waals surface area contributed by atoms with Crippen LogP contribution in [0.5, 0.6) is 5.75 Å². The lowest BCUT2D eigenvalue weighted by Gasteiger charge is -2.22. The average Bonchev–Trinajstić information content (AvgIpc) is 3.24. The Kier molecular flexibility index (Phi) is 6.02. The first kappa shape index (κ1) is 21.1. The Morgan fingerprint density at radius 3 is 2.83 bits per heavy atom. The fraction of sp³-hybridized carbons (Fsp3) is 0.333. The van der Waals surface area contributed by atoms with E-state index < -0.39 is 5.97 Å². The van der Waals surface area contributed by atoms with Gasteiger partial charge in [-0.1, -0.05) is 11.6 Å². The zero-order chi connectivity index (χ0) is 21.4. The number of carbonyl (C=O) groups is 2. The molecule has 9 heteroatoms. The molecule has 1 amide bonds. The molecule has 1 aromatic carbocycles. The van der Waals surface area contributed by atoms with Gasteiger partial charge in [0, 0.05) is 28.1 Å². The Hall–Kier alpha value is -2.13. The molecule has 4 rings (SSSR count). The van der Waals surface area contributed by atoms with Gasteiger partial charge in [-0.2, -0.15) is 0 Å². The number of ether oxygens (including phenoxy) is 2. The summed E-state index contributed by atoms with van der Waals surface area (Å²) in [6.45, 7) is 3.65. The summed E-state index contributed by atoms with van der Waals surface area (Å²) in [5.41, 5.74) is 1.44. The summed E-state index contributed by atoms with van der Waals surface area (Å²) in [5, 5.41) is 4.59. The monoisotopic (exact) mass is 464 g/mol. The molecule has 0 fully saturated rings. The van der Waals surface area contributed by atoms with Gasteiger partial charge in [0.05, 0.1) is 24.3 Å². The molecule has 0 atom stereocenters. The summed E-state index contributed by atoms with van der Waals surface area (Å²) in [5.74, 6) is -0.0616. The fourth-order valence-corrected chi connectivity index (χ4v) is 6.21. The number of thiophene rings is 2. The van der Waals surface area contributed by atoms with Crippen LogP contribution in [-0.4, -0.2) is 44.1 Å². The molecule has 6 nitrogen and oxygen atoms in total. The SMILES string of the molecule is CCOC(=O)c1c(NC(=O)c2sc3ccc(OC)cc3c2Cl)sc2c1CCN(C)C2. The third-order valence-corrected chi connectivity index (χ3v) is 7.80. The summed E-state index contributed by atoms with van der Waals surface area (Å²) in [6.07, 6.45) is 0.746. The van der Waals surface area contributed by atoms with E-state index in [0.717, 1.165) is 40.0 Å². The molecule has 30 heavy (non-hydrogen) atoms. The molecule has 158 valence electrons. The average molecular weight is 465 g/mol. The lowest BCUT2D eigenvalue weighted by atomic mass is 10.0. The maximum Gasteiger partial charge on any atom is 0.341 e. The highest BCUT2D eigenvalue weighted by atomic mass is 35.5. The molecule has 1 aliphatic heterocycles. The van der Waals surface area contributed by atoms with E-state index in [-0.39, 0.29) is 12.5 Å². The number of likely N-dealkylation sites (N-methyl/N-ethyl adjacent to an activating group) is 1. The van der Waals surface area contributed by atoms with Crippen molar-refractivity contribution >= 4 is 61.2 Å². The highest BCUT2D eigenvalue weighted by Crippen LogP contribution is 2.40. The van der Waals surface area contributed by atoms with Crippen molar-refractivity contribution in [2.75, 3.05) is 32.6 Å². The van der Waals surface area contributed by atoms with Crippen LogP contribution in [0.2, 0.25) is 5.02 Å². The van der Waals surface area contributed by atoms with Crippen molar-refractivity contribution in [3.05, 3.63) is 44.1 Å². The molecule has 0 saturated carbocycles. The molecule has 0 spiro atoms. The van der Waals surface area contributed by atoms with Crippen LogP contribution in [0.4, 0.5) is 5.00 Å². The summed E-state index contributed by atoms with van der Waals surface area (Å²) in [4.78, 5) is 29.4. The molecule has 1 aliphatic rings. The highest BCUT2D eigenvalue weighted by Gasteiger charge is 2.29. The number of nitrogens with zero attached hydrogens (tertiary/aromatic N) is 1. The van der Waals surface area contributed by atoms with E-state index in [1.54, 1.807) is 14.0 Å². The summed E-state index contributed by atoms with van der Waals surface area (Å²) in [6, 6.07) is 5.53. The molecular weight excluding hydrogens is 444 g/mol. The Morgan fingerprint density at radius 1 is 1.30 bits per heavy atom. The first-order valence-electron chi connectivity index (χ1n) is 9.50. The van der Waals surface area contributed by atoms with E-state index in [1.165, 1.54) is 22.7 Å². The molecule has 3 aromatic rings. The number of halogens is 1. The lowest BCUT2D eigenvalue weighted by molar-refractivity contribution is 0.0526. The number of nitrogens with one attached hydrogen (secondary N) is 1. The van der Waals surface area contributed by atoms with Crippen LogP contribution in [-0.2, 0) is 17.7 Å². The van der Waals surface area contributed by atoms with Crippen molar-refractivity contribution in [3.63, 3.8) is 0 Å². The van der Waals surface area contributed by atoms with Gasteiger partial charge in [0.25, 0.3) is 5.91 Å². The van der Waals surface area contributed by atoms with Gasteiger partial charge >= 0.3 is 5.97 Å². The van der Waals surface area contributed by atoms with Crippen molar-refractivity contribution < 1.29 is 19.1 Å². The van der Waals surface area contributed by atoms with Gasteiger partial charge < -0.3 is 19.7 Å². The molecule has 2 aromatic heterocycles. The quantitative estimate of drug-likeness (QED) is 0.535. The number of anilines is 1. The number of hydrogen-bond donors (Lipinski definition) is 1. The number of methoxy groups -OCH3 is 1. The van der Waals surface area contributed by atoms with Crippen LogP contribution in [0.3, 0.4) is 0 Å². The fourth-order valence-electron chi connectivity index (χ4n) is 3.52. The van der Waals surface area contributed by atoms with Crippen LogP contribution >= 0.6 is 34.3 Å². The van der Waals surface area contributed by atoms with E-state index in [9.17, 15) is 9.59 Å². The molecule has 0 aliphatic carbocycles. The van der Waals surface area contributed by atoms with Crippen molar-refractivity contribution in [3.8, 4) is 5.75 Å². The number of benzene rings is 1. The zero-order valence-corrected chi connectivity index (χ0v) is 19.2. The zero-order valence-electron chi connectivity index (χ0n) is 16.8. The predicted octanol–water partition coefficient (Wildman–Crippen LogP) is 5.04. The van der Waals surface area contributed by atoms with Crippen LogP contribution in [0, 0.1) is 0 Å². The molecule has 0 radical (unpaired) electrons. The predicted molar refractivity (Wildman–Crippen MR) is 122 cm³/mol. The third kappa shape index (κ3) is 3.80. The number of fused-ring (bicyclic) bond motifs is 2. The van der Waals surface area contributed by atoms with E-state index in [0.29, 0.717) is 26.2 Å². The van der Waals surface area contributed by atoms with Crippen LogP contribution in [0.25, 0.3) is 10.1 Å². The number of carbonyl (C=O) groups excluding carboxylic acids is 2. The van der Waals surface area contributed by atoms with Crippen LogP contribution in [0.15, 0.2) is 18.2 Å². The topological polar surface area (TPSA) is 67.9 Å². The van der Waals surface area contributed by atoms with Crippen molar-refractivity contribution in [2.24, 2.45) is 0 Å². The van der Waals surface area contributed by atoms with E-state index in [2.05, 4.69) is 10.2 Å². The molecule has 0 bridgehead atoms. The van der Waals surface area contributed by atoms with E-state index >= 15 is 0 Å². The number of hydrogen-bond acceptors (Lipinski definition) is 7. The largest absolute Gasteiger partial charge is 0.497 e. The third-order valence-electron chi connectivity index (χ3n) is 5.00. The normalized spacial score (nSPS) is 13.9. The maximum atomic E-state index is 13.1. The smallest absolute Gasteiger partial charge is 0.341 e. The first-order chi connectivity index (χ1) is 14.4. The number of amides is 1.